The van der Waals surface area contributed by atoms with Gasteiger partial charge in [-0.2, -0.15) is 0 Å². The number of furan rings is 1. The molecule has 0 amide bonds. The van der Waals surface area contributed by atoms with Gasteiger partial charge in [-0.3, -0.25) is 9.59 Å². The standard InChI is InChI=1S/C9H16O.C5H4O2/c1-2-3-4-5-6-7-8-9-10;6-4-5-2-1-3-7-5/h7-9H,2-6H2,1H3;1-4H. The number of aldehydes is 2. The summed E-state index contributed by atoms with van der Waals surface area (Å²) in [6.07, 6.45) is 12.6. The van der Waals surface area contributed by atoms with Gasteiger partial charge in [0.15, 0.2) is 12.0 Å². The molecule has 0 spiro atoms. The Labute approximate surface area is 103 Å². The highest BCUT2D eigenvalue weighted by Gasteiger charge is 1.84. The molecule has 0 unspecified atom stereocenters. The lowest BCUT2D eigenvalue weighted by Gasteiger charge is -1.92. The highest BCUT2D eigenvalue weighted by atomic mass is 16.3. The Balaban J connectivity index is 0.000000318. The molecule has 0 atom stereocenters. The van der Waals surface area contributed by atoms with Crippen molar-refractivity contribution < 1.29 is 14.0 Å². The molecular weight excluding hydrogens is 216 g/mol. The minimum absolute atomic E-state index is 0.375. The molecule has 0 aliphatic rings. The van der Waals surface area contributed by atoms with Gasteiger partial charge in [-0.15, -0.1) is 0 Å². The van der Waals surface area contributed by atoms with E-state index in [0.29, 0.717) is 12.0 Å². The number of unbranched alkanes of at least 4 members (excludes halogenated alkanes) is 4. The Morgan fingerprint density at radius 2 is 2.06 bits per heavy atom. The highest BCUT2D eigenvalue weighted by molar-refractivity contribution is 5.69. The molecule has 0 radical (unpaired) electrons. The fraction of sp³-hybridized carbons (Fsp3) is 0.429. The molecule has 1 rings (SSSR count). The number of hydrogen-bond acceptors (Lipinski definition) is 3. The average Bonchev–Trinajstić information content (AvgIpc) is 2.87. The van der Waals surface area contributed by atoms with Crippen molar-refractivity contribution in [1.29, 1.82) is 0 Å². The van der Waals surface area contributed by atoms with Crippen LogP contribution in [0.15, 0.2) is 35.0 Å². The van der Waals surface area contributed by atoms with Gasteiger partial charge < -0.3 is 4.42 Å². The molecule has 3 heteroatoms. The van der Waals surface area contributed by atoms with E-state index in [9.17, 15) is 9.59 Å². The van der Waals surface area contributed by atoms with E-state index < -0.39 is 0 Å². The third-order valence-corrected chi connectivity index (χ3v) is 2.10. The van der Waals surface area contributed by atoms with Crippen LogP contribution >= 0.6 is 0 Å². The highest BCUT2D eigenvalue weighted by Crippen LogP contribution is 2.02. The van der Waals surface area contributed by atoms with Gasteiger partial charge in [-0.05, 0) is 31.1 Å². The van der Waals surface area contributed by atoms with Crippen LogP contribution in [0.2, 0.25) is 0 Å². The van der Waals surface area contributed by atoms with Gasteiger partial charge >= 0.3 is 0 Å². The molecule has 0 saturated carbocycles. The van der Waals surface area contributed by atoms with Crippen molar-refractivity contribution in [1.82, 2.24) is 0 Å². The predicted octanol–water partition coefficient (Wildman–Crippen LogP) is 3.80. The SMILES string of the molecule is CCCCCCC=CC=O.O=Cc1ccco1. The molecule has 1 aromatic heterocycles. The maximum Gasteiger partial charge on any atom is 0.185 e. The monoisotopic (exact) mass is 236 g/mol. The van der Waals surface area contributed by atoms with Crippen molar-refractivity contribution in [3.63, 3.8) is 0 Å². The van der Waals surface area contributed by atoms with Gasteiger partial charge in [-0.25, -0.2) is 0 Å². The largest absolute Gasteiger partial charge is 0.462 e. The number of carbonyl (C=O) groups excluding carboxylic acids is 2. The Kier molecular flexibility index (Phi) is 11.2. The van der Waals surface area contributed by atoms with Gasteiger partial charge in [0, 0.05) is 0 Å². The van der Waals surface area contributed by atoms with E-state index in [2.05, 4.69) is 11.3 Å². The number of allylic oxidation sites excluding steroid dienone is 2. The molecule has 1 heterocycles. The van der Waals surface area contributed by atoms with Crippen molar-refractivity contribution in [3.05, 3.63) is 36.3 Å². The van der Waals surface area contributed by atoms with E-state index in [-0.39, 0.29) is 0 Å². The van der Waals surface area contributed by atoms with E-state index in [4.69, 9.17) is 0 Å². The molecule has 0 saturated heterocycles. The van der Waals surface area contributed by atoms with Crippen LogP contribution in [0.4, 0.5) is 0 Å². The zero-order chi connectivity index (χ0) is 12.8. The molecule has 1 aromatic rings. The lowest BCUT2D eigenvalue weighted by molar-refractivity contribution is -0.104. The van der Waals surface area contributed by atoms with Crippen LogP contribution in [0.1, 0.15) is 49.6 Å². The lowest BCUT2D eigenvalue weighted by atomic mass is 10.1. The quantitative estimate of drug-likeness (QED) is 0.411. The van der Waals surface area contributed by atoms with Crippen LogP contribution in [-0.2, 0) is 4.79 Å². The van der Waals surface area contributed by atoms with Gasteiger partial charge in [0.1, 0.15) is 6.29 Å². The fourth-order valence-electron chi connectivity index (χ4n) is 1.20. The van der Waals surface area contributed by atoms with Gasteiger partial charge in [-0.1, -0.05) is 32.3 Å². The minimum atomic E-state index is 0.375. The molecule has 0 bridgehead atoms. The average molecular weight is 236 g/mol. The summed E-state index contributed by atoms with van der Waals surface area (Å²) in [5, 5.41) is 0. The first-order valence-electron chi connectivity index (χ1n) is 5.94. The second-order valence-electron chi connectivity index (χ2n) is 3.55. The summed E-state index contributed by atoms with van der Waals surface area (Å²) >= 11 is 0. The van der Waals surface area contributed by atoms with Crippen LogP contribution in [0.3, 0.4) is 0 Å². The molecule has 0 aliphatic heterocycles. The summed E-state index contributed by atoms with van der Waals surface area (Å²) in [6.45, 7) is 2.20. The van der Waals surface area contributed by atoms with Crippen LogP contribution < -0.4 is 0 Å². The summed E-state index contributed by atoms with van der Waals surface area (Å²) < 4.78 is 4.61. The van der Waals surface area contributed by atoms with E-state index in [0.717, 1.165) is 12.7 Å². The second-order valence-corrected chi connectivity index (χ2v) is 3.55. The molecule has 0 aromatic carbocycles. The zero-order valence-corrected chi connectivity index (χ0v) is 10.3. The smallest absolute Gasteiger partial charge is 0.185 e. The van der Waals surface area contributed by atoms with Crippen molar-refractivity contribution in [3.8, 4) is 0 Å². The first kappa shape index (κ1) is 15.4. The second kappa shape index (κ2) is 12.4. The molecule has 94 valence electrons. The molecule has 0 N–H and O–H groups in total. The summed E-state index contributed by atoms with van der Waals surface area (Å²) in [7, 11) is 0. The number of hydrogen-bond donors (Lipinski definition) is 0. The third kappa shape index (κ3) is 10.6. The van der Waals surface area contributed by atoms with Crippen LogP contribution in [0.25, 0.3) is 0 Å². The van der Waals surface area contributed by atoms with E-state index in [1.54, 1.807) is 18.2 Å². The lowest BCUT2D eigenvalue weighted by Crippen LogP contribution is -1.73. The maximum absolute atomic E-state index is 9.81. The van der Waals surface area contributed by atoms with E-state index in [1.165, 1.54) is 31.9 Å². The van der Waals surface area contributed by atoms with Gasteiger partial charge in [0.25, 0.3) is 0 Å². The number of rotatable bonds is 7. The zero-order valence-electron chi connectivity index (χ0n) is 10.3. The molecule has 3 nitrogen and oxygen atoms in total. The number of carbonyl (C=O) groups is 2. The topological polar surface area (TPSA) is 47.3 Å². The summed E-state index contributed by atoms with van der Waals surface area (Å²) in [6, 6.07) is 3.27. The minimum Gasteiger partial charge on any atom is -0.462 e. The van der Waals surface area contributed by atoms with Crippen molar-refractivity contribution in [2.75, 3.05) is 0 Å². The van der Waals surface area contributed by atoms with Crippen LogP contribution in [0.5, 0.6) is 0 Å². The van der Waals surface area contributed by atoms with Gasteiger partial charge in [0.2, 0.25) is 0 Å². The Bertz CT molecular complexity index is 299. The molecular formula is C14H20O3. The molecule has 0 fully saturated rings. The Morgan fingerprint density at radius 3 is 2.53 bits per heavy atom. The van der Waals surface area contributed by atoms with Crippen molar-refractivity contribution in [2.45, 2.75) is 39.0 Å². The predicted molar refractivity (Wildman–Crippen MR) is 68.1 cm³/mol. The fourth-order valence-corrected chi connectivity index (χ4v) is 1.20. The Hall–Kier alpha value is -1.64. The van der Waals surface area contributed by atoms with Crippen LogP contribution in [0, 0.1) is 0 Å². The molecule has 17 heavy (non-hydrogen) atoms. The van der Waals surface area contributed by atoms with Crippen LogP contribution in [-0.4, -0.2) is 12.6 Å². The first-order chi connectivity index (χ1) is 8.35. The third-order valence-electron chi connectivity index (χ3n) is 2.10. The first-order valence-corrected chi connectivity index (χ1v) is 5.94. The van der Waals surface area contributed by atoms with E-state index in [1.807, 2.05) is 6.08 Å². The Morgan fingerprint density at radius 1 is 1.24 bits per heavy atom. The van der Waals surface area contributed by atoms with E-state index >= 15 is 0 Å². The summed E-state index contributed by atoms with van der Waals surface area (Å²) in [5.74, 6) is 0.375. The maximum atomic E-state index is 9.81. The van der Waals surface area contributed by atoms with Gasteiger partial charge in [0.05, 0.1) is 6.26 Å². The molecule has 0 aliphatic carbocycles. The van der Waals surface area contributed by atoms with Crippen molar-refractivity contribution >= 4 is 12.6 Å². The summed E-state index contributed by atoms with van der Waals surface area (Å²) in [4.78, 5) is 19.6. The van der Waals surface area contributed by atoms with Crippen molar-refractivity contribution in [2.24, 2.45) is 0 Å². The normalized spacial score (nSPS) is 9.71. The summed E-state index contributed by atoms with van der Waals surface area (Å²) in [5.41, 5.74) is 0.